The summed E-state index contributed by atoms with van der Waals surface area (Å²) >= 11 is 0. The molecule has 0 bridgehead atoms. The monoisotopic (exact) mass is 387 g/mol. The average molecular weight is 388 g/mol. The summed E-state index contributed by atoms with van der Waals surface area (Å²) in [5.41, 5.74) is 1.76. The Labute approximate surface area is 168 Å². The number of hydrogen-bond acceptors (Lipinski definition) is 5. The Balaban J connectivity index is 1.46. The van der Waals surface area contributed by atoms with Crippen molar-refractivity contribution in [3.05, 3.63) is 23.8 Å². The van der Waals surface area contributed by atoms with E-state index in [9.17, 15) is 0 Å². The van der Waals surface area contributed by atoms with Gasteiger partial charge in [0.15, 0.2) is 17.1 Å². The van der Waals surface area contributed by atoms with Crippen LogP contribution in [-0.2, 0) is 9.57 Å². The van der Waals surface area contributed by atoms with Crippen LogP contribution >= 0.6 is 0 Å². The Hall–Kier alpha value is -1.75. The van der Waals surface area contributed by atoms with Crippen LogP contribution in [0, 0.1) is 11.8 Å². The van der Waals surface area contributed by atoms with Crippen LogP contribution < -0.4 is 9.47 Å². The van der Waals surface area contributed by atoms with Gasteiger partial charge in [-0.3, -0.25) is 0 Å². The van der Waals surface area contributed by atoms with E-state index in [1.54, 1.807) is 0 Å². The third-order valence-electron chi connectivity index (χ3n) is 5.95. The molecule has 1 unspecified atom stereocenters. The van der Waals surface area contributed by atoms with Crippen molar-refractivity contribution in [2.24, 2.45) is 17.0 Å². The molecule has 1 aromatic rings. The van der Waals surface area contributed by atoms with Gasteiger partial charge >= 0.3 is 0 Å². The lowest BCUT2D eigenvalue weighted by molar-refractivity contribution is -0.0237. The Bertz CT molecular complexity index is 688. The van der Waals surface area contributed by atoms with E-state index in [0.717, 1.165) is 48.8 Å². The van der Waals surface area contributed by atoms with Gasteiger partial charge in [0.05, 0.1) is 32.1 Å². The molecule has 2 heterocycles. The molecule has 1 aliphatic carbocycles. The molecule has 3 aliphatic rings. The van der Waals surface area contributed by atoms with E-state index in [1.165, 1.54) is 32.1 Å². The van der Waals surface area contributed by atoms with Crippen LogP contribution in [0.3, 0.4) is 0 Å². The summed E-state index contributed by atoms with van der Waals surface area (Å²) in [5.74, 6) is 2.78. The Morgan fingerprint density at radius 3 is 2.75 bits per heavy atom. The number of oxime groups is 1. The highest BCUT2D eigenvalue weighted by atomic mass is 16.7. The maximum absolute atomic E-state index is 6.20. The molecule has 5 heteroatoms. The van der Waals surface area contributed by atoms with Gasteiger partial charge in [-0.05, 0) is 42.9 Å². The minimum Gasteiger partial charge on any atom is -0.489 e. The number of nitrogens with zero attached hydrogens (tertiary/aromatic N) is 1. The second-order valence-electron chi connectivity index (χ2n) is 8.97. The highest BCUT2D eigenvalue weighted by molar-refractivity contribution is 6.02. The van der Waals surface area contributed by atoms with E-state index in [0.29, 0.717) is 25.0 Å². The molecule has 0 radical (unpaired) electrons. The lowest BCUT2D eigenvalue weighted by atomic mass is 9.90. The van der Waals surface area contributed by atoms with E-state index in [2.05, 4.69) is 31.1 Å². The highest BCUT2D eigenvalue weighted by Gasteiger charge is 2.43. The topological polar surface area (TPSA) is 49.3 Å². The van der Waals surface area contributed by atoms with Crippen molar-refractivity contribution >= 4 is 5.71 Å². The van der Waals surface area contributed by atoms with Crippen molar-refractivity contribution in [2.75, 3.05) is 26.4 Å². The largest absolute Gasteiger partial charge is 0.489 e. The summed E-state index contributed by atoms with van der Waals surface area (Å²) in [5, 5.41) is 4.37. The van der Waals surface area contributed by atoms with Crippen LogP contribution in [0.2, 0.25) is 0 Å². The molecule has 28 heavy (non-hydrogen) atoms. The van der Waals surface area contributed by atoms with Gasteiger partial charge in [0.2, 0.25) is 0 Å². The van der Waals surface area contributed by atoms with Crippen molar-refractivity contribution < 1.29 is 19.0 Å². The Morgan fingerprint density at radius 1 is 1.14 bits per heavy atom. The van der Waals surface area contributed by atoms with Gasteiger partial charge in [0, 0.05) is 18.4 Å². The minimum absolute atomic E-state index is 0.259. The van der Waals surface area contributed by atoms with Gasteiger partial charge in [-0.1, -0.05) is 38.3 Å². The van der Waals surface area contributed by atoms with Crippen LogP contribution in [0.1, 0.15) is 64.4 Å². The number of benzene rings is 1. The second-order valence-corrected chi connectivity index (χ2v) is 8.97. The third-order valence-corrected chi connectivity index (χ3v) is 5.95. The molecule has 0 N–H and O–H groups in total. The SMILES string of the molecule is CC(C)COc1cc(C2=NOC3(CCOC3)C2)ccc1OCC1CCCCC1. The summed E-state index contributed by atoms with van der Waals surface area (Å²) in [4.78, 5) is 5.75. The first-order valence-corrected chi connectivity index (χ1v) is 10.9. The van der Waals surface area contributed by atoms with Crippen molar-refractivity contribution in [3.63, 3.8) is 0 Å². The summed E-state index contributed by atoms with van der Waals surface area (Å²) < 4.78 is 17.8. The molecule has 1 saturated carbocycles. The molecule has 0 amide bonds. The van der Waals surface area contributed by atoms with Gasteiger partial charge in [-0.2, -0.15) is 0 Å². The molecule has 1 spiro atoms. The smallest absolute Gasteiger partial charge is 0.168 e. The van der Waals surface area contributed by atoms with Crippen molar-refractivity contribution in [3.8, 4) is 11.5 Å². The summed E-state index contributed by atoms with van der Waals surface area (Å²) in [6.07, 6.45) is 8.27. The minimum atomic E-state index is -0.259. The lowest BCUT2D eigenvalue weighted by Gasteiger charge is -2.23. The van der Waals surface area contributed by atoms with E-state index in [-0.39, 0.29) is 5.60 Å². The molecule has 1 atom stereocenters. The molecule has 0 aromatic heterocycles. The van der Waals surface area contributed by atoms with Crippen molar-refractivity contribution in [1.29, 1.82) is 0 Å². The summed E-state index contributed by atoms with van der Waals surface area (Å²) in [7, 11) is 0. The molecule has 5 nitrogen and oxygen atoms in total. The Kier molecular flexibility index (Phi) is 6.10. The van der Waals surface area contributed by atoms with Gasteiger partial charge in [-0.15, -0.1) is 0 Å². The fourth-order valence-electron chi connectivity index (χ4n) is 4.21. The molecular weight excluding hydrogens is 354 g/mol. The van der Waals surface area contributed by atoms with Gasteiger partial charge in [-0.25, -0.2) is 0 Å². The molecule has 1 aromatic carbocycles. The predicted octanol–water partition coefficient (Wildman–Crippen LogP) is 4.96. The third kappa shape index (κ3) is 4.62. The van der Waals surface area contributed by atoms with E-state index in [4.69, 9.17) is 19.0 Å². The fourth-order valence-corrected chi connectivity index (χ4v) is 4.21. The van der Waals surface area contributed by atoms with Crippen LogP contribution in [0.15, 0.2) is 23.4 Å². The molecule has 2 aliphatic heterocycles. The average Bonchev–Trinajstić information content (AvgIpc) is 3.36. The van der Waals surface area contributed by atoms with Crippen LogP contribution in [0.4, 0.5) is 0 Å². The van der Waals surface area contributed by atoms with Crippen LogP contribution in [-0.4, -0.2) is 37.7 Å². The Morgan fingerprint density at radius 2 is 2.00 bits per heavy atom. The first kappa shape index (κ1) is 19.6. The normalized spacial score (nSPS) is 25.2. The quantitative estimate of drug-likeness (QED) is 0.663. The molecular formula is C23H33NO4. The number of hydrogen-bond donors (Lipinski definition) is 0. The van der Waals surface area contributed by atoms with E-state index in [1.807, 2.05) is 6.07 Å². The maximum Gasteiger partial charge on any atom is 0.168 e. The first-order valence-electron chi connectivity index (χ1n) is 10.9. The van der Waals surface area contributed by atoms with Crippen LogP contribution in [0.25, 0.3) is 0 Å². The van der Waals surface area contributed by atoms with E-state index >= 15 is 0 Å². The van der Waals surface area contributed by atoms with Gasteiger partial charge in [0.25, 0.3) is 0 Å². The van der Waals surface area contributed by atoms with Crippen molar-refractivity contribution in [2.45, 2.75) is 64.4 Å². The highest BCUT2D eigenvalue weighted by Crippen LogP contribution is 2.37. The maximum atomic E-state index is 6.20. The second kappa shape index (κ2) is 8.73. The molecule has 154 valence electrons. The van der Waals surface area contributed by atoms with Gasteiger partial charge < -0.3 is 19.0 Å². The first-order chi connectivity index (χ1) is 13.6. The number of ether oxygens (including phenoxy) is 3. The fraction of sp³-hybridized carbons (Fsp3) is 0.696. The standard InChI is InChI=1S/C23H33NO4/c1-17(2)14-26-22-12-19(20-13-23(28-24-20)10-11-25-16-23)8-9-21(22)27-15-18-6-4-3-5-7-18/h8-9,12,17-18H,3-7,10-11,13-16H2,1-2H3. The predicted molar refractivity (Wildman–Crippen MR) is 109 cm³/mol. The summed E-state index contributed by atoms with van der Waals surface area (Å²) in [6, 6.07) is 6.18. The molecule has 1 saturated heterocycles. The molecule has 4 rings (SSSR count). The number of rotatable bonds is 7. The van der Waals surface area contributed by atoms with Crippen LogP contribution in [0.5, 0.6) is 11.5 Å². The molecule has 2 fully saturated rings. The zero-order valence-corrected chi connectivity index (χ0v) is 17.2. The summed E-state index contributed by atoms with van der Waals surface area (Å²) in [6.45, 7) is 7.14. The zero-order valence-electron chi connectivity index (χ0n) is 17.2. The zero-order chi connectivity index (χ0) is 19.4. The van der Waals surface area contributed by atoms with E-state index < -0.39 is 0 Å². The van der Waals surface area contributed by atoms with Gasteiger partial charge in [0.1, 0.15) is 0 Å². The van der Waals surface area contributed by atoms with Crippen molar-refractivity contribution in [1.82, 2.24) is 0 Å². The lowest BCUT2D eigenvalue weighted by Crippen LogP contribution is -2.29.